The Morgan fingerprint density at radius 1 is 1.08 bits per heavy atom. The number of benzene rings is 2. The number of nitrogens with one attached hydrogen (secondary N) is 2. The Morgan fingerprint density at radius 3 is 2.46 bits per heavy atom. The van der Waals surface area contributed by atoms with Gasteiger partial charge in [-0.3, -0.25) is 4.90 Å². The van der Waals surface area contributed by atoms with E-state index < -0.39 is 30.1 Å². The van der Waals surface area contributed by atoms with Gasteiger partial charge in [-0.25, -0.2) is 18.7 Å². The van der Waals surface area contributed by atoms with E-state index >= 15 is 4.39 Å². The lowest BCUT2D eigenvalue weighted by Gasteiger charge is -2.36. The second-order valence-corrected chi connectivity index (χ2v) is 9.08. The van der Waals surface area contributed by atoms with Crippen molar-refractivity contribution in [2.45, 2.75) is 13.1 Å². The topological polar surface area (TPSA) is 93.1 Å². The van der Waals surface area contributed by atoms with Crippen LogP contribution in [-0.4, -0.2) is 58.8 Å². The van der Waals surface area contributed by atoms with E-state index in [0.29, 0.717) is 37.6 Å². The Morgan fingerprint density at radius 2 is 1.79 bits per heavy atom. The van der Waals surface area contributed by atoms with Gasteiger partial charge in [0.1, 0.15) is 12.4 Å². The van der Waals surface area contributed by atoms with Gasteiger partial charge in [0, 0.05) is 54.7 Å². The maximum absolute atomic E-state index is 15.0. The molecule has 1 saturated heterocycles. The molecule has 0 radical (unpaired) electrons. The lowest BCUT2D eigenvalue weighted by molar-refractivity contribution is -0.146. The minimum atomic E-state index is -4.22. The number of ether oxygens (including phenoxy) is 1. The molecular weight excluding hydrogens is 521 g/mol. The molecule has 4 aromatic rings. The standard InChI is InChI=1S/C26H22F5N7O/c1-15-10-18-22(28)21(11-20(27)23(18)35-15)39-25-19(12-32)24(33-14-34-25)36-16-2-4-17(5-3-16)38-8-6-37(7-9-38)13-26(29,30)31/h2-5,10-11,14,35H,6-9,13H2,1H3,(H,33,34,36). The van der Waals surface area contributed by atoms with Crippen LogP contribution in [0.25, 0.3) is 10.9 Å². The molecule has 39 heavy (non-hydrogen) atoms. The number of hydrogen-bond donors (Lipinski definition) is 2. The molecule has 1 aliphatic heterocycles. The van der Waals surface area contributed by atoms with Crippen LogP contribution in [0.1, 0.15) is 11.3 Å². The summed E-state index contributed by atoms with van der Waals surface area (Å²) >= 11 is 0. The van der Waals surface area contributed by atoms with Crippen LogP contribution in [0.4, 0.5) is 39.1 Å². The minimum Gasteiger partial charge on any atom is -0.434 e. The Kier molecular flexibility index (Phi) is 6.96. The SMILES string of the molecule is Cc1cc2c(F)c(Oc3ncnc(Nc4ccc(N5CCN(CC(F)(F)F)CC5)cc4)c3C#N)cc(F)c2[nH]1. The molecule has 2 aromatic heterocycles. The van der Waals surface area contributed by atoms with Crippen molar-refractivity contribution in [1.29, 1.82) is 5.26 Å². The van der Waals surface area contributed by atoms with Gasteiger partial charge in [-0.05, 0) is 37.3 Å². The monoisotopic (exact) mass is 543 g/mol. The van der Waals surface area contributed by atoms with Gasteiger partial charge in [0.05, 0.1) is 12.1 Å². The molecule has 0 atom stereocenters. The first-order valence-corrected chi connectivity index (χ1v) is 11.9. The summed E-state index contributed by atoms with van der Waals surface area (Å²) in [7, 11) is 0. The summed E-state index contributed by atoms with van der Waals surface area (Å²) in [6.07, 6.45) is -3.09. The predicted octanol–water partition coefficient (Wildman–Crippen LogP) is 5.64. The van der Waals surface area contributed by atoms with Crippen molar-refractivity contribution in [2.24, 2.45) is 0 Å². The number of piperazine rings is 1. The van der Waals surface area contributed by atoms with Gasteiger partial charge in [-0.2, -0.15) is 18.4 Å². The molecule has 0 saturated carbocycles. The quantitative estimate of drug-likeness (QED) is 0.304. The van der Waals surface area contributed by atoms with Crippen LogP contribution >= 0.6 is 0 Å². The zero-order valence-corrected chi connectivity index (χ0v) is 20.6. The Balaban J connectivity index is 1.30. The third kappa shape index (κ3) is 5.70. The molecule has 5 rings (SSSR count). The van der Waals surface area contributed by atoms with E-state index in [4.69, 9.17) is 4.74 Å². The van der Waals surface area contributed by atoms with Crippen LogP contribution in [-0.2, 0) is 0 Å². The molecule has 0 amide bonds. The molecule has 0 spiro atoms. The number of anilines is 3. The van der Waals surface area contributed by atoms with E-state index in [-0.39, 0.29) is 28.2 Å². The van der Waals surface area contributed by atoms with Crippen LogP contribution in [0.3, 0.4) is 0 Å². The Labute approximate surface area is 219 Å². The minimum absolute atomic E-state index is 0.00883. The molecule has 0 aliphatic carbocycles. The summed E-state index contributed by atoms with van der Waals surface area (Å²) in [4.78, 5) is 14.1. The number of aromatic amines is 1. The highest BCUT2D eigenvalue weighted by atomic mass is 19.4. The van der Waals surface area contributed by atoms with Crippen molar-refractivity contribution in [3.63, 3.8) is 0 Å². The Hall–Kier alpha value is -4.44. The van der Waals surface area contributed by atoms with Crippen molar-refractivity contribution in [1.82, 2.24) is 19.9 Å². The highest BCUT2D eigenvalue weighted by Crippen LogP contribution is 2.34. The van der Waals surface area contributed by atoms with E-state index in [1.807, 2.05) is 11.0 Å². The molecular formula is C26H22F5N7O. The van der Waals surface area contributed by atoms with Gasteiger partial charge < -0.3 is 19.9 Å². The van der Waals surface area contributed by atoms with Crippen molar-refractivity contribution < 1.29 is 26.7 Å². The maximum Gasteiger partial charge on any atom is 0.401 e. The second-order valence-electron chi connectivity index (χ2n) is 9.08. The predicted molar refractivity (Wildman–Crippen MR) is 134 cm³/mol. The van der Waals surface area contributed by atoms with Crippen molar-refractivity contribution in [3.05, 3.63) is 65.6 Å². The van der Waals surface area contributed by atoms with Gasteiger partial charge in [0.25, 0.3) is 0 Å². The lowest BCUT2D eigenvalue weighted by atomic mass is 10.2. The number of nitriles is 1. The summed E-state index contributed by atoms with van der Waals surface area (Å²) in [5.41, 5.74) is 1.87. The van der Waals surface area contributed by atoms with Crippen molar-refractivity contribution >= 4 is 28.1 Å². The normalized spacial score (nSPS) is 14.4. The average molecular weight is 544 g/mol. The zero-order chi connectivity index (χ0) is 27.7. The molecule has 0 bridgehead atoms. The smallest absolute Gasteiger partial charge is 0.401 e. The van der Waals surface area contributed by atoms with E-state index in [1.54, 1.807) is 31.2 Å². The van der Waals surface area contributed by atoms with E-state index in [2.05, 4.69) is 20.3 Å². The van der Waals surface area contributed by atoms with Gasteiger partial charge in [-0.1, -0.05) is 0 Å². The van der Waals surface area contributed by atoms with Crippen molar-refractivity contribution in [3.8, 4) is 17.7 Å². The fourth-order valence-corrected chi connectivity index (χ4v) is 4.46. The van der Waals surface area contributed by atoms with Crippen LogP contribution in [0.2, 0.25) is 0 Å². The Bertz CT molecular complexity index is 1540. The van der Waals surface area contributed by atoms with Crippen molar-refractivity contribution in [2.75, 3.05) is 42.9 Å². The summed E-state index contributed by atoms with van der Waals surface area (Å²) < 4.78 is 72.9. The number of aromatic nitrogens is 3. The second kappa shape index (κ2) is 10.4. The molecule has 1 fully saturated rings. The first-order chi connectivity index (χ1) is 18.6. The fraction of sp³-hybridized carbons (Fsp3) is 0.269. The number of nitrogens with zero attached hydrogens (tertiary/aromatic N) is 5. The molecule has 202 valence electrons. The summed E-state index contributed by atoms with van der Waals surface area (Å²) in [6, 6.07) is 11.3. The van der Waals surface area contributed by atoms with E-state index in [9.17, 15) is 22.8 Å². The molecule has 3 heterocycles. The first-order valence-electron chi connectivity index (χ1n) is 11.9. The number of H-pyrrole nitrogens is 1. The van der Waals surface area contributed by atoms with Crippen LogP contribution in [0, 0.1) is 29.9 Å². The highest BCUT2D eigenvalue weighted by Gasteiger charge is 2.32. The van der Waals surface area contributed by atoms with Gasteiger partial charge >= 0.3 is 6.18 Å². The van der Waals surface area contributed by atoms with Crippen LogP contribution < -0.4 is 15.0 Å². The highest BCUT2D eigenvalue weighted by molar-refractivity contribution is 5.83. The summed E-state index contributed by atoms with van der Waals surface area (Å²) in [5, 5.41) is 12.8. The number of hydrogen-bond acceptors (Lipinski definition) is 7. The van der Waals surface area contributed by atoms with Crippen LogP contribution in [0.15, 0.2) is 42.7 Å². The third-order valence-electron chi connectivity index (χ3n) is 6.30. The molecule has 8 nitrogen and oxygen atoms in total. The average Bonchev–Trinajstić information content (AvgIpc) is 3.30. The molecule has 2 N–H and O–H groups in total. The first kappa shape index (κ1) is 26.2. The number of fused-ring (bicyclic) bond motifs is 1. The fourth-order valence-electron chi connectivity index (χ4n) is 4.46. The lowest BCUT2D eigenvalue weighted by Crippen LogP contribution is -2.49. The molecule has 2 aromatic carbocycles. The van der Waals surface area contributed by atoms with Gasteiger partial charge in [-0.15, -0.1) is 0 Å². The number of rotatable bonds is 6. The zero-order valence-electron chi connectivity index (χ0n) is 20.6. The number of aryl methyl sites for hydroxylation is 1. The molecule has 1 aliphatic rings. The number of halogens is 5. The summed E-state index contributed by atoms with van der Waals surface area (Å²) in [6.45, 7) is 2.27. The van der Waals surface area contributed by atoms with Crippen LogP contribution in [0.5, 0.6) is 11.6 Å². The summed E-state index contributed by atoms with van der Waals surface area (Å²) in [5.74, 6) is -2.12. The van der Waals surface area contributed by atoms with E-state index in [0.717, 1.165) is 18.1 Å². The third-order valence-corrected chi connectivity index (χ3v) is 6.30. The maximum atomic E-state index is 15.0. The molecule has 13 heteroatoms. The van der Waals surface area contributed by atoms with Gasteiger partial charge in [0.2, 0.25) is 5.88 Å². The molecule has 0 unspecified atom stereocenters. The van der Waals surface area contributed by atoms with E-state index in [1.165, 1.54) is 11.0 Å². The largest absolute Gasteiger partial charge is 0.434 e. The number of alkyl halides is 3. The van der Waals surface area contributed by atoms with Gasteiger partial charge in [0.15, 0.2) is 28.8 Å².